The Hall–Kier alpha value is -3.92. The van der Waals surface area contributed by atoms with Crippen molar-refractivity contribution in [1.82, 2.24) is 4.98 Å². The van der Waals surface area contributed by atoms with Gasteiger partial charge in [-0.25, -0.2) is 0 Å². The average Bonchev–Trinajstić information content (AvgIpc) is 2.80. The number of rotatable bonds is 7. The van der Waals surface area contributed by atoms with Gasteiger partial charge in [-0.2, -0.15) is 0 Å². The van der Waals surface area contributed by atoms with Gasteiger partial charge in [-0.1, -0.05) is 48.5 Å². The van der Waals surface area contributed by atoms with Crippen molar-refractivity contribution in [2.75, 3.05) is 5.32 Å². The lowest BCUT2D eigenvalue weighted by Crippen LogP contribution is -2.15. The lowest BCUT2D eigenvalue weighted by Gasteiger charge is -2.12. The summed E-state index contributed by atoms with van der Waals surface area (Å²) in [4.78, 5) is 16.9. The Labute approximate surface area is 176 Å². The highest BCUT2D eigenvalue weighted by Crippen LogP contribution is 2.18. The topological polar surface area (TPSA) is 51.2 Å². The molecule has 3 aromatic carbocycles. The van der Waals surface area contributed by atoms with Crippen LogP contribution in [-0.2, 0) is 13.0 Å². The first-order valence-corrected chi connectivity index (χ1v) is 9.83. The number of hydrogen-bond donors (Lipinski definition) is 1. The number of nitrogens with zero attached hydrogens (tertiary/aromatic N) is 1. The fraction of sp³-hybridized carbons (Fsp3) is 0.0769. The number of pyridine rings is 1. The minimum atomic E-state index is -0.149. The predicted molar refractivity (Wildman–Crippen MR) is 119 cm³/mol. The molecule has 1 N–H and O–H groups in total. The Morgan fingerprint density at radius 2 is 1.43 bits per heavy atom. The van der Waals surface area contributed by atoms with Crippen molar-refractivity contribution in [1.29, 1.82) is 0 Å². The van der Waals surface area contributed by atoms with Gasteiger partial charge in [0.05, 0.1) is 0 Å². The Kier molecular flexibility index (Phi) is 6.16. The van der Waals surface area contributed by atoms with Gasteiger partial charge < -0.3 is 10.1 Å². The molecule has 4 heteroatoms. The highest BCUT2D eigenvalue weighted by Gasteiger charge is 2.12. The highest BCUT2D eigenvalue weighted by molar-refractivity contribution is 6.05. The fourth-order valence-electron chi connectivity index (χ4n) is 3.19. The first kappa shape index (κ1) is 19.4. The number of nitrogens with one attached hydrogen (secondary N) is 1. The molecule has 0 aliphatic heterocycles. The van der Waals surface area contributed by atoms with Crippen molar-refractivity contribution < 1.29 is 9.53 Å². The van der Waals surface area contributed by atoms with Gasteiger partial charge in [-0.3, -0.25) is 9.78 Å². The zero-order chi connectivity index (χ0) is 20.6. The van der Waals surface area contributed by atoms with Crippen molar-refractivity contribution >= 4 is 11.6 Å². The molecule has 0 radical (unpaired) electrons. The molecule has 30 heavy (non-hydrogen) atoms. The van der Waals surface area contributed by atoms with E-state index in [4.69, 9.17) is 4.74 Å². The standard InChI is InChI=1S/C26H22N2O2/c29-26(25-9-5-4-6-22(25)19-30-24-7-2-1-3-8-24)28-23-12-10-20(11-13-23)18-21-14-16-27-17-15-21/h1-17H,18-19H2,(H,28,29). The Morgan fingerprint density at radius 3 is 2.20 bits per heavy atom. The summed E-state index contributed by atoms with van der Waals surface area (Å²) >= 11 is 0. The van der Waals surface area contributed by atoms with Gasteiger partial charge in [-0.05, 0) is 60.0 Å². The first-order valence-electron chi connectivity index (χ1n) is 9.83. The summed E-state index contributed by atoms with van der Waals surface area (Å²) in [5, 5.41) is 2.98. The van der Waals surface area contributed by atoms with Gasteiger partial charge in [0, 0.05) is 29.2 Å². The molecule has 1 aromatic heterocycles. The van der Waals surface area contributed by atoms with Crippen LogP contribution in [0.3, 0.4) is 0 Å². The van der Waals surface area contributed by atoms with Crippen LogP contribution >= 0.6 is 0 Å². The summed E-state index contributed by atoms with van der Waals surface area (Å²) < 4.78 is 5.82. The summed E-state index contributed by atoms with van der Waals surface area (Å²) in [6, 6.07) is 29.0. The minimum Gasteiger partial charge on any atom is -0.489 e. The van der Waals surface area contributed by atoms with Crippen molar-refractivity contribution in [2.45, 2.75) is 13.0 Å². The quantitative estimate of drug-likeness (QED) is 0.450. The molecule has 4 rings (SSSR count). The predicted octanol–water partition coefficient (Wildman–Crippen LogP) is 5.50. The van der Waals surface area contributed by atoms with E-state index in [1.165, 1.54) is 11.1 Å². The van der Waals surface area contributed by atoms with E-state index in [0.717, 1.165) is 23.4 Å². The maximum Gasteiger partial charge on any atom is 0.256 e. The molecule has 0 fully saturated rings. The van der Waals surface area contributed by atoms with E-state index in [1.54, 1.807) is 12.4 Å². The lowest BCUT2D eigenvalue weighted by molar-refractivity contribution is 0.102. The number of carbonyl (C=O) groups is 1. The molecule has 0 unspecified atom stereocenters. The number of ether oxygens (including phenoxy) is 1. The first-order chi connectivity index (χ1) is 14.8. The molecule has 0 saturated heterocycles. The molecule has 1 amide bonds. The summed E-state index contributed by atoms with van der Waals surface area (Å²) in [6.45, 7) is 0.332. The number of anilines is 1. The Balaban J connectivity index is 1.41. The van der Waals surface area contributed by atoms with Crippen molar-refractivity contribution in [3.8, 4) is 5.75 Å². The molecule has 0 atom stereocenters. The summed E-state index contributed by atoms with van der Waals surface area (Å²) in [5.41, 5.74) is 4.59. The van der Waals surface area contributed by atoms with E-state index in [0.29, 0.717) is 12.2 Å². The van der Waals surface area contributed by atoms with E-state index in [9.17, 15) is 4.79 Å². The smallest absolute Gasteiger partial charge is 0.256 e. The molecule has 0 aliphatic carbocycles. The molecule has 148 valence electrons. The van der Waals surface area contributed by atoms with Crippen LogP contribution in [-0.4, -0.2) is 10.9 Å². The minimum absolute atomic E-state index is 0.149. The highest BCUT2D eigenvalue weighted by atomic mass is 16.5. The van der Waals surface area contributed by atoms with Crippen LogP contribution < -0.4 is 10.1 Å². The summed E-state index contributed by atoms with van der Waals surface area (Å²) in [5.74, 6) is 0.627. The largest absolute Gasteiger partial charge is 0.489 e. The molecule has 0 spiro atoms. The van der Waals surface area contributed by atoms with Crippen LogP contribution in [0.2, 0.25) is 0 Å². The van der Waals surface area contributed by atoms with Crippen LogP contribution in [0.25, 0.3) is 0 Å². The number of hydrogen-bond acceptors (Lipinski definition) is 3. The lowest BCUT2D eigenvalue weighted by atomic mass is 10.1. The number of aromatic nitrogens is 1. The fourth-order valence-corrected chi connectivity index (χ4v) is 3.19. The van der Waals surface area contributed by atoms with Crippen molar-refractivity contribution in [2.24, 2.45) is 0 Å². The Bertz CT molecular complexity index is 1090. The summed E-state index contributed by atoms with van der Waals surface area (Å²) in [6.07, 6.45) is 4.42. The normalized spacial score (nSPS) is 10.4. The van der Waals surface area contributed by atoms with Crippen molar-refractivity contribution in [3.63, 3.8) is 0 Å². The van der Waals surface area contributed by atoms with E-state index in [-0.39, 0.29) is 5.91 Å². The van der Waals surface area contributed by atoms with Crippen LogP contribution in [0, 0.1) is 0 Å². The van der Waals surface area contributed by atoms with Gasteiger partial charge in [-0.15, -0.1) is 0 Å². The zero-order valence-electron chi connectivity index (χ0n) is 16.5. The van der Waals surface area contributed by atoms with Gasteiger partial charge in [0.1, 0.15) is 12.4 Å². The van der Waals surface area contributed by atoms with E-state index in [1.807, 2.05) is 91.0 Å². The maximum atomic E-state index is 12.8. The number of carbonyl (C=O) groups excluding carboxylic acids is 1. The molecule has 1 heterocycles. The van der Waals surface area contributed by atoms with Crippen molar-refractivity contribution in [3.05, 3.63) is 126 Å². The van der Waals surface area contributed by atoms with Gasteiger partial charge in [0.15, 0.2) is 0 Å². The second-order valence-electron chi connectivity index (χ2n) is 6.94. The van der Waals surface area contributed by atoms with Crippen LogP contribution in [0.15, 0.2) is 103 Å². The summed E-state index contributed by atoms with van der Waals surface area (Å²) in [7, 11) is 0. The van der Waals surface area contributed by atoms with Crippen LogP contribution in [0.4, 0.5) is 5.69 Å². The van der Waals surface area contributed by atoms with Gasteiger partial charge >= 0.3 is 0 Å². The number of para-hydroxylation sites is 1. The second-order valence-corrected chi connectivity index (χ2v) is 6.94. The second kappa shape index (κ2) is 9.52. The SMILES string of the molecule is O=C(Nc1ccc(Cc2ccncc2)cc1)c1ccccc1COc1ccccc1. The molecular weight excluding hydrogens is 372 g/mol. The van der Waals surface area contributed by atoms with Crippen LogP contribution in [0.5, 0.6) is 5.75 Å². The van der Waals surface area contributed by atoms with Gasteiger partial charge in [0.25, 0.3) is 5.91 Å². The van der Waals surface area contributed by atoms with Crippen LogP contribution in [0.1, 0.15) is 27.0 Å². The molecule has 0 aliphatic rings. The molecule has 0 bridgehead atoms. The van der Waals surface area contributed by atoms with E-state index >= 15 is 0 Å². The third-order valence-corrected chi connectivity index (χ3v) is 4.77. The van der Waals surface area contributed by atoms with E-state index in [2.05, 4.69) is 10.3 Å². The molecule has 4 nitrogen and oxygen atoms in total. The average molecular weight is 394 g/mol. The third kappa shape index (κ3) is 5.11. The molecule has 0 saturated carbocycles. The number of benzene rings is 3. The zero-order valence-corrected chi connectivity index (χ0v) is 16.5. The Morgan fingerprint density at radius 1 is 0.767 bits per heavy atom. The van der Waals surface area contributed by atoms with E-state index < -0.39 is 0 Å². The molecular formula is C26H22N2O2. The molecule has 4 aromatic rings. The monoisotopic (exact) mass is 394 g/mol. The third-order valence-electron chi connectivity index (χ3n) is 4.77. The number of amides is 1. The van der Waals surface area contributed by atoms with Gasteiger partial charge in [0.2, 0.25) is 0 Å². The maximum absolute atomic E-state index is 12.8.